The highest BCUT2D eigenvalue weighted by molar-refractivity contribution is 7.92. The largest absolute Gasteiger partial charge is 0.488 e. The SMILES string of the molecule is CCCCC(=O)Nc1ccc(OC2CCCCC2)c(NS(C)(=O)=O)c1. The molecule has 0 saturated heterocycles. The van der Waals surface area contributed by atoms with Crippen LogP contribution < -0.4 is 14.8 Å². The number of hydrogen-bond donors (Lipinski definition) is 2. The average molecular weight is 368 g/mol. The molecule has 0 aromatic heterocycles. The minimum atomic E-state index is -3.44. The molecule has 1 aromatic rings. The van der Waals surface area contributed by atoms with Crippen LogP contribution in [0.2, 0.25) is 0 Å². The highest BCUT2D eigenvalue weighted by Crippen LogP contribution is 2.32. The number of ether oxygens (including phenoxy) is 1. The third-order valence-electron chi connectivity index (χ3n) is 4.16. The first-order valence-corrected chi connectivity index (χ1v) is 10.8. The quantitative estimate of drug-likeness (QED) is 0.729. The number of nitrogens with one attached hydrogen (secondary N) is 2. The first kappa shape index (κ1) is 19.6. The molecule has 1 saturated carbocycles. The Hall–Kier alpha value is -1.76. The van der Waals surface area contributed by atoms with Crippen LogP contribution >= 0.6 is 0 Å². The fourth-order valence-electron chi connectivity index (χ4n) is 2.91. The first-order valence-electron chi connectivity index (χ1n) is 8.95. The molecule has 0 aliphatic heterocycles. The number of carbonyl (C=O) groups is 1. The summed E-state index contributed by atoms with van der Waals surface area (Å²) in [7, 11) is -3.44. The van der Waals surface area contributed by atoms with Gasteiger partial charge >= 0.3 is 0 Å². The molecule has 0 bridgehead atoms. The van der Waals surface area contributed by atoms with Crippen molar-refractivity contribution in [3.63, 3.8) is 0 Å². The van der Waals surface area contributed by atoms with E-state index in [-0.39, 0.29) is 12.0 Å². The van der Waals surface area contributed by atoms with Crippen LogP contribution in [0, 0.1) is 0 Å². The monoisotopic (exact) mass is 368 g/mol. The molecule has 2 rings (SSSR count). The molecule has 1 aromatic carbocycles. The lowest BCUT2D eigenvalue weighted by molar-refractivity contribution is -0.116. The molecule has 1 fully saturated rings. The molecule has 0 spiro atoms. The fourth-order valence-corrected chi connectivity index (χ4v) is 3.47. The molecule has 0 heterocycles. The zero-order chi connectivity index (χ0) is 18.3. The molecule has 140 valence electrons. The van der Waals surface area contributed by atoms with Crippen molar-refractivity contribution in [3.8, 4) is 5.75 Å². The predicted molar refractivity (Wildman–Crippen MR) is 101 cm³/mol. The van der Waals surface area contributed by atoms with Gasteiger partial charge in [-0.15, -0.1) is 0 Å². The van der Waals surface area contributed by atoms with Crippen LogP contribution in [0.3, 0.4) is 0 Å². The Morgan fingerprint density at radius 1 is 1.24 bits per heavy atom. The third-order valence-corrected chi connectivity index (χ3v) is 4.75. The van der Waals surface area contributed by atoms with Gasteiger partial charge in [0.2, 0.25) is 15.9 Å². The number of rotatable bonds is 8. The molecule has 1 amide bonds. The molecule has 25 heavy (non-hydrogen) atoms. The molecule has 6 nitrogen and oxygen atoms in total. The topological polar surface area (TPSA) is 84.5 Å². The van der Waals surface area contributed by atoms with E-state index in [1.807, 2.05) is 6.92 Å². The van der Waals surface area contributed by atoms with Gasteiger partial charge in [-0.05, 0) is 50.3 Å². The van der Waals surface area contributed by atoms with Crippen LogP contribution in [0.5, 0.6) is 5.75 Å². The Kier molecular flexibility index (Phi) is 7.11. The van der Waals surface area contributed by atoms with E-state index in [1.54, 1.807) is 18.2 Å². The maximum Gasteiger partial charge on any atom is 0.229 e. The molecule has 0 unspecified atom stereocenters. The van der Waals surface area contributed by atoms with E-state index < -0.39 is 10.0 Å². The summed E-state index contributed by atoms with van der Waals surface area (Å²) in [5.74, 6) is 0.428. The minimum absolute atomic E-state index is 0.0758. The number of hydrogen-bond acceptors (Lipinski definition) is 4. The van der Waals surface area contributed by atoms with Crippen LogP contribution in [-0.2, 0) is 14.8 Å². The summed E-state index contributed by atoms with van der Waals surface area (Å²) in [6.07, 6.45) is 8.87. The van der Waals surface area contributed by atoms with E-state index in [2.05, 4.69) is 10.0 Å². The summed E-state index contributed by atoms with van der Waals surface area (Å²) in [4.78, 5) is 11.9. The summed E-state index contributed by atoms with van der Waals surface area (Å²) in [5.41, 5.74) is 0.921. The Bertz CT molecular complexity index is 682. The lowest BCUT2D eigenvalue weighted by atomic mass is 9.98. The Morgan fingerprint density at radius 2 is 1.96 bits per heavy atom. The van der Waals surface area contributed by atoms with Crippen molar-refractivity contribution in [3.05, 3.63) is 18.2 Å². The lowest BCUT2D eigenvalue weighted by Gasteiger charge is -2.24. The second kappa shape index (κ2) is 9.08. The minimum Gasteiger partial charge on any atom is -0.488 e. The van der Waals surface area contributed by atoms with E-state index in [0.717, 1.165) is 44.8 Å². The van der Waals surface area contributed by atoms with Crippen LogP contribution in [0.1, 0.15) is 58.3 Å². The van der Waals surface area contributed by atoms with Gasteiger partial charge in [-0.3, -0.25) is 9.52 Å². The first-order chi connectivity index (χ1) is 11.9. The Balaban J connectivity index is 2.15. The van der Waals surface area contributed by atoms with E-state index in [0.29, 0.717) is 23.5 Å². The van der Waals surface area contributed by atoms with Gasteiger partial charge in [0.25, 0.3) is 0 Å². The summed E-state index contributed by atoms with van der Waals surface area (Å²) in [6, 6.07) is 5.08. The zero-order valence-electron chi connectivity index (χ0n) is 15.0. The van der Waals surface area contributed by atoms with Crippen molar-refractivity contribution in [1.29, 1.82) is 0 Å². The number of carbonyl (C=O) groups excluding carboxylic acids is 1. The van der Waals surface area contributed by atoms with Crippen molar-refractivity contribution < 1.29 is 17.9 Å². The maximum absolute atomic E-state index is 11.9. The molecule has 0 atom stereocenters. The second-order valence-corrected chi connectivity index (χ2v) is 8.36. The van der Waals surface area contributed by atoms with Crippen molar-refractivity contribution >= 4 is 27.3 Å². The molecule has 2 N–H and O–H groups in total. The summed E-state index contributed by atoms with van der Waals surface area (Å²) >= 11 is 0. The summed E-state index contributed by atoms with van der Waals surface area (Å²) in [6.45, 7) is 2.03. The van der Waals surface area contributed by atoms with Crippen molar-refractivity contribution in [2.75, 3.05) is 16.3 Å². The number of unbranched alkanes of at least 4 members (excludes halogenated alkanes) is 1. The van der Waals surface area contributed by atoms with Crippen molar-refractivity contribution in [2.45, 2.75) is 64.4 Å². The van der Waals surface area contributed by atoms with Gasteiger partial charge in [-0.2, -0.15) is 0 Å². The standard InChI is InChI=1S/C18H28N2O4S/c1-3-4-10-18(21)19-14-11-12-17(16(13-14)20-25(2,22)23)24-15-8-6-5-7-9-15/h11-13,15,20H,3-10H2,1-2H3,(H,19,21). The predicted octanol–water partition coefficient (Wildman–Crippen LogP) is 3.90. The van der Waals surface area contributed by atoms with Gasteiger partial charge < -0.3 is 10.1 Å². The van der Waals surface area contributed by atoms with Gasteiger partial charge in [0, 0.05) is 12.1 Å². The zero-order valence-corrected chi connectivity index (χ0v) is 15.8. The highest BCUT2D eigenvalue weighted by atomic mass is 32.2. The number of sulfonamides is 1. The number of benzene rings is 1. The molecule has 7 heteroatoms. The summed E-state index contributed by atoms with van der Waals surface area (Å²) in [5, 5.41) is 2.80. The maximum atomic E-state index is 11.9. The van der Waals surface area contributed by atoms with Crippen LogP contribution in [0.15, 0.2) is 18.2 Å². The van der Waals surface area contributed by atoms with Gasteiger partial charge in [-0.25, -0.2) is 8.42 Å². The normalized spacial score (nSPS) is 15.6. The van der Waals surface area contributed by atoms with Gasteiger partial charge in [0.05, 0.1) is 18.0 Å². The van der Waals surface area contributed by atoms with Gasteiger partial charge in [0.15, 0.2) is 0 Å². The smallest absolute Gasteiger partial charge is 0.229 e. The van der Waals surface area contributed by atoms with Gasteiger partial charge in [0.1, 0.15) is 5.75 Å². The van der Waals surface area contributed by atoms with E-state index in [4.69, 9.17) is 4.74 Å². The van der Waals surface area contributed by atoms with E-state index in [1.165, 1.54) is 6.42 Å². The molecule has 0 radical (unpaired) electrons. The van der Waals surface area contributed by atoms with Crippen molar-refractivity contribution in [2.24, 2.45) is 0 Å². The van der Waals surface area contributed by atoms with Crippen LogP contribution in [0.4, 0.5) is 11.4 Å². The van der Waals surface area contributed by atoms with E-state index in [9.17, 15) is 13.2 Å². The lowest BCUT2D eigenvalue weighted by Crippen LogP contribution is -2.21. The average Bonchev–Trinajstić information content (AvgIpc) is 2.55. The Labute approximate surface area is 150 Å². The molecular formula is C18H28N2O4S. The highest BCUT2D eigenvalue weighted by Gasteiger charge is 2.18. The number of anilines is 2. The third kappa shape index (κ3) is 6.94. The van der Waals surface area contributed by atoms with Crippen molar-refractivity contribution in [1.82, 2.24) is 0 Å². The second-order valence-electron chi connectivity index (χ2n) is 6.61. The molecule has 1 aliphatic rings. The molecule has 1 aliphatic carbocycles. The van der Waals surface area contributed by atoms with Crippen LogP contribution in [-0.4, -0.2) is 26.7 Å². The van der Waals surface area contributed by atoms with Crippen LogP contribution in [0.25, 0.3) is 0 Å². The number of amides is 1. The summed E-state index contributed by atoms with van der Waals surface area (Å²) < 4.78 is 31.8. The van der Waals surface area contributed by atoms with Gasteiger partial charge in [-0.1, -0.05) is 19.8 Å². The Morgan fingerprint density at radius 3 is 2.60 bits per heavy atom. The fraction of sp³-hybridized carbons (Fsp3) is 0.611. The molecular weight excluding hydrogens is 340 g/mol. The van der Waals surface area contributed by atoms with E-state index >= 15 is 0 Å².